The number of amides is 1. The number of thioether (sulfide) groups is 1. The van der Waals surface area contributed by atoms with Gasteiger partial charge >= 0.3 is 6.61 Å². The van der Waals surface area contributed by atoms with Crippen LogP contribution in [-0.4, -0.2) is 34.4 Å². The van der Waals surface area contributed by atoms with Gasteiger partial charge in [0.15, 0.2) is 16.7 Å². The molecule has 1 saturated carbocycles. The number of alkyl halides is 2. The molecule has 3 rings (SSSR count). The lowest BCUT2D eigenvalue weighted by atomic mass is 10.2. The lowest BCUT2D eigenvalue weighted by Crippen LogP contribution is -2.15. The normalized spacial score (nSPS) is 13.8. The Morgan fingerprint density at radius 3 is 2.78 bits per heavy atom. The fourth-order valence-electron chi connectivity index (χ4n) is 2.63. The van der Waals surface area contributed by atoms with Crippen molar-refractivity contribution >= 4 is 17.7 Å². The summed E-state index contributed by atoms with van der Waals surface area (Å²) in [5, 5.41) is 9.20. The van der Waals surface area contributed by atoms with Crippen molar-refractivity contribution in [2.24, 2.45) is 5.73 Å². The number of benzene rings is 1. The van der Waals surface area contributed by atoms with Gasteiger partial charge in [0.2, 0.25) is 5.91 Å². The third kappa shape index (κ3) is 5.09. The third-order valence-corrected chi connectivity index (χ3v) is 5.12. The van der Waals surface area contributed by atoms with Gasteiger partial charge < -0.3 is 19.8 Å². The SMILES string of the molecule is COc1cc(CSc2nnc(C3CC3)n2CCC(N)=O)ccc1OC(F)F. The molecule has 146 valence electrons. The maximum Gasteiger partial charge on any atom is 0.387 e. The highest BCUT2D eigenvalue weighted by atomic mass is 32.2. The molecule has 0 unspecified atom stereocenters. The van der Waals surface area contributed by atoms with Crippen LogP contribution in [0, 0.1) is 0 Å². The smallest absolute Gasteiger partial charge is 0.387 e. The molecule has 27 heavy (non-hydrogen) atoms. The number of carbonyl (C=O) groups excluding carboxylic acids is 1. The van der Waals surface area contributed by atoms with Gasteiger partial charge in [-0.25, -0.2) is 0 Å². The van der Waals surface area contributed by atoms with Gasteiger partial charge in [-0.3, -0.25) is 4.79 Å². The Kier molecular flexibility index (Phi) is 6.15. The van der Waals surface area contributed by atoms with E-state index in [1.165, 1.54) is 24.9 Å². The molecule has 1 heterocycles. The summed E-state index contributed by atoms with van der Waals surface area (Å²) in [6.07, 6.45) is 2.36. The average Bonchev–Trinajstić information content (AvgIpc) is 3.39. The molecule has 2 N–H and O–H groups in total. The molecular formula is C17H20F2N4O3S. The summed E-state index contributed by atoms with van der Waals surface area (Å²) < 4.78 is 36.3. The fraction of sp³-hybridized carbons (Fsp3) is 0.471. The lowest BCUT2D eigenvalue weighted by Gasteiger charge is -2.12. The highest BCUT2D eigenvalue weighted by molar-refractivity contribution is 7.98. The number of halogens is 2. The van der Waals surface area contributed by atoms with Crippen LogP contribution in [0.1, 0.15) is 36.6 Å². The second-order valence-corrected chi connectivity index (χ2v) is 7.08. The molecule has 1 fully saturated rings. The molecule has 1 aliphatic rings. The molecular weight excluding hydrogens is 378 g/mol. The molecule has 10 heteroatoms. The van der Waals surface area contributed by atoms with Crippen LogP contribution in [-0.2, 0) is 17.1 Å². The number of nitrogens with two attached hydrogens (primary N) is 1. The third-order valence-electron chi connectivity index (χ3n) is 4.08. The number of primary amides is 1. The molecule has 0 aliphatic heterocycles. The summed E-state index contributed by atoms with van der Waals surface area (Å²) in [6.45, 7) is -2.47. The first kappa shape index (κ1) is 19.4. The largest absolute Gasteiger partial charge is 0.493 e. The minimum Gasteiger partial charge on any atom is -0.493 e. The van der Waals surface area contributed by atoms with Gasteiger partial charge in [-0.1, -0.05) is 17.8 Å². The highest BCUT2D eigenvalue weighted by Crippen LogP contribution is 2.40. The van der Waals surface area contributed by atoms with Crippen molar-refractivity contribution in [1.29, 1.82) is 0 Å². The molecule has 0 radical (unpaired) electrons. The Balaban J connectivity index is 1.71. The predicted octanol–water partition coefficient (Wildman–Crippen LogP) is 2.93. The Hall–Kier alpha value is -2.36. The van der Waals surface area contributed by atoms with E-state index >= 15 is 0 Å². The molecule has 1 aliphatic carbocycles. The van der Waals surface area contributed by atoms with E-state index in [9.17, 15) is 13.6 Å². The van der Waals surface area contributed by atoms with Crippen molar-refractivity contribution in [3.63, 3.8) is 0 Å². The van der Waals surface area contributed by atoms with E-state index in [1.54, 1.807) is 12.1 Å². The van der Waals surface area contributed by atoms with Crippen LogP contribution in [0.15, 0.2) is 23.4 Å². The Morgan fingerprint density at radius 2 is 2.15 bits per heavy atom. The number of ether oxygens (including phenoxy) is 2. The van der Waals surface area contributed by atoms with Gasteiger partial charge in [-0.15, -0.1) is 10.2 Å². The van der Waals surface area contributed by atoms with E-state index in [4.69, 9.17) is 10.5 Å². The van der Waals surface area contributed by atoms with Crippen molar-refractivity contribution in [2.45, 2.75) is 49.2 Å². The molecule has 0 spiro atoms. The van der Waals surface area contributed by atoms with Crippen molar-refractivity contribution in [2.75, 3.05) is 7.11 Å². The van der Waals surface area contributed by atoms with Crippen LogP contribution < -0.4 is 15.2 Å². The maximum atomic E-state index is 12.4. The van der Waals surface area contributed by atoms with Gasteiger partial charge in [0.1, 0.15) is 5.82 Å². The first-order valence-corrected chi connectivity index (χ1v) is 9.42. The van der Waals surface area contributed by atoms with E-state index in [1.807, 2.05) is 4.57 Å². The predicted molar refractivity (Wildman–Crippen MR) is 95.0 cm³/mol. The molecule has 0 saturated heterocycles. The van der Waals surface area contributed by atoms with Crippen molar-refractivity contribution in [3.8, 4) is 11.5 Å². The number of aromatic nitrogens is 3. The quantitative estimate of drug-likeness (QED) is 0.619. The topological polar surface area (TPSA) is 92.3 Å². The van der Waals surface area contributed by atoms with Crippen molar-refractivity contribution in [3.05, 3.63) is 29.6 Å². The van der Waals surface area contributed by atoms with E-state index in [2.05, 4.69) is 14.9 Å². The van der Waals surface area contributed by atoms with E-state index in [0.29, 0.717) is 23.4 Å². The zero-order chi connectivity index (χ0) is 19.4. The summed E-state index contributed by atoms with van der Waals surface area (Å²) >= 11 is 1.45. The van der Waals surface area contributed by atoms with Crippen LogP contribution in [0.4, 0.5) is 8.78 Å². The zero-order valence-corrected chi connectivity index (χ0v) is 15.5. The fourth-order valence-corrected chi connectivity index (χ4v) is 3.54. The Bertz CT molecular complexity index is 811. The lowest BCUT2D eigenvalue weighted by molar-refractivity contribution is -0.118. The standard InChI is InChI=1S/C17H20F2N4O3S/c1-25-13-8-10(2-5-12(13)26-16(18)19)9-27-17-22-21-15(11-3-4-11)23(17)7-6-14(20)24/h2,5,8,11,16H,3-4,6-7,9H2,1H3,(H2,20,24). The van der Waals surface area contributed by atoms with Crippen molar-refractivity contribution < 1.29 is 23.0 Å². The highest BCUT2D eigenvalue weighted by Gasteiger charge is 2.30. The Morgan fingerprint density at radius 1 is 1.37 bits per heavy atom. The van der Waals surface area contributed by atoms with Gasteiger partial charge in [0.05, 0.1) is 7.11 Å². The molecule has 2 aromatic rings. The van der Waals surface area contributed by atoms with Gasteiger partial charge in [0, 0.05) is 24.6 Å². The zero-order valence-electron chi connectivity index (χ0n) is 14.7. The second-order valence-electron chi connectivity index (χ2n) is 6.14. The summed E-state index contributed by atoms with van der Waals surface area (Å²) in [5.74, 6) is 1.66. The average molecular weight is 398 g/mol. The van der Waals surface area contributed by atoms with Crippen LogP contribution >= 0.6 is 11.8 Å². The van der Waals surface area contributed by atoms with Crippen LogP contribution in [0.5, 0.6) is 11.5 Å². The van der Waals surface area contributed by atoms with E-state index in [0.717, 1.165) is 24.2 Å². The van der Waals surface area contributed by atoms with Crippen molar-refractivity contribution in [1.82, 2.24) is 14.8 Å². The number of methoxy groups -OCH3 is 1. The number of rotatable bonds is 10. The summed E-state index contributed by atoms with van der Waals surface area (Å²) in [6, 6.07) is 4.80. The molecule has 7 nitrogen and oxygen atoms in total. The van der Waals surface area contributed by atoms with Gasteiger partial charge in [-0.05, 0) is 30.5 Å². The first-order chi connectivity index (χ1) is 13.0. The maximum absolute atomic E-state index is 12.4. The first-order valence-electron chi connectivity index (χ1n) is 8.44. The van der Waals surface area contributed by atoms with E-state index in [-0.39, 0.29) is 23.8 Å². The number of nitrogens with zero attached hydrogens (tertiary/aromatic N) is 3. The van der Waals surface area contributed by atoms with Crippen LogP contribution in [0.3, 0.4) is 0 Å². The van der Waals surface area contributed by atoms with Gasteiger partial charge in [-0.2, -0.15) is 8.78 Å². The molecule has 0 bridgehead atoms. The molecule has 1 amide bonds. The van der Waals surface area contributed by atoms with Crippen LogP contribution in [0.2, 0.25) is 0 Å². The minimum atomic E-state index is -2.91. The summed E-state index contributed by atoms with van der Waals surface area (Å²) in [5.41, 5.74) is 6.12. The Labute approximate surface area is 159 Å². The monoisotopic (exact) mass is 398 g/mol. The minimum absolute atomic E-state index is 0.0121. The summed E-state index contributed by atoms with van der Waals surface area (Å²) in [7, 11) is 1.40. The molecule has 1 aromatic carbocycles. The van der Waals surface area contributed by atoms with E-state index < -0.39 is 6.61 Å². The molecule has 1 aromatic heterocycles. The number of hydrogen-bond acceptors (Lipinski definition) is 6. The van der Waals surface area contributed by atoms with Crippen LogP contribution in [0.25, 0.3) is 0 Å². The number of carbonyl (C=O) groups is 1. The second kappa shape index (κ2) is 8.55. The van der Waals surface area contributed by atoms with Gasteiger partial charge in [0.25, 0.3) is 0 Å². The summed E-state index contributed by atoms with van der Waals surface area (Å²) in [4.78, 5) is 11.1. The molecule has 0 atom stereocenters. The number of hydrogen-bond donors (Lipinski definition) is 1.